The molecular weight excluding hydrogens is 224 g/mol. The van der Waals surface area contributed by atoms with Crippen molar-refractivity contribution >= 4 is 17.0 Å². The average molecular weight is 242 g/mol. The van der Waals surface area contributed by atoms with Crippen LogP contribution in [0.4, 0.5) is 5.95 Å². The van der Waals surface area contributed by atoms with Gasteiger partial charge in [-0.3, -0.25) is 0 Å². The topological polar surface area (TPSA) is 44.0 Å². The molecule has 2 bridgehead atoms. The molecule has 1 aromatic heterocycles. The first-order chi connectivity index (χ1) is 8.88. The van der Waals surface area contributed by atoms with E-state index in [0.717, 1.165) is 36.1 Å². The van der Waals surface area contributed by atoms with Crippen molar-refractivity contribution in [3.8, 4) is 0 Å². The number of rotatable bonds is 1. The van der Waals surface area contributed by atoms with Crippen molar-refractivity contribution in [2.75, 3.05) is 18.0 Å². The fraction of sp³-hybridized carbons (Fsp3) is 0.500. The van der Waals surface area contributed by atoms with E-state index in [9.17, 15) is 0 Å². The van der Waals surface area contributed by atoms with Crippen molar-refractivity contribution in [1.82, 2.24) is 15.3 Å². The van der Waals surface area contributed by atoms with Gasteiger partial charge in [0.15, 0.2) is 0 Å². The maximum atomic E-state index is 4.70. The Hall–Kier alpha value is -1.55. The number of fused-ring (bicyclic) bond motifs is 3. The Morgan fingerprint density at radius 1 is 1.11 bits per heavy atom. The fourth-order valence-corrected chi connectivity index (χ4v) is 3.22. The summed E-state index contributed by atoms with van der Waals surface area (Å²) in [7, 11) is 0. The summed E-state index contributed by atoms with van der Waals surface area (Å²) in [5, 5.41) is 3.70. The molecule has 3 heterocycles. The van der Waals surface area contributed by atoms with Crippen molar-refractivity contribution in [2.24, 2.45) is 0 Å². The third-order valence-corrected chi connectivity index (χ3v) is 4.20. The molecule has 1 aromatic carbocycles. The molecule has 2 aliphatic rings. The quantitative estimate of drug-likeness (QED) is 0.802. The van der Waals surface area contributed by atoms with Crippen molar-refractivity contribution in [3.63, 3.8) is 0 Å². The molecule has 4 nitrogen and oxygen atoms in total. The molecule has 0 saturated carbocycles. The first-order valence-electron chi connectivity index (χ1n) is 6.84. The van der Waals surface area contributed by atoms with Gasteiger partial charge in [0.2, 0.25) is 5.95 Å². The standard InChI is InChI=1S/C14H18N4/c1-2-4-13-12(3-1)16-14(17-13)18-8-7-10-5-6-11(9-18)15-10/h1-4,10-11,15H,5-9H2,(H,16,17). The number of aromatic amines is 1. The van der Waals surface area contributed by atoms with Gasteiger partial charge in [-0.1, -0.05) is 12.1 Å². The minimum absolute atomic E-state index is 0.644. The van der Waals surface area contributed by atoms with Crippen LogP contribution in [0.5, 0.6) is 0 Å². The summed E-state index contributed by atoms with van der Waals surface area (Å²) >= 11 is 0. The van der Waals surface area contributed by atoms with E-state index >= 15 is 0 Å². The second kappa shape index (κ2) is 3.99. The van der Waals surface area contributed by atoms with Gasteiger partial charge in [-0.15, -0.1) is 0 Å². The van der Waals surface area contributed by atoms with Crippen LogP contribution in [0.25, 0.3) is 11.0 Å². The Morgan fingerprint density at radius 2 is 2.00 bits per heavy atom. The lowest BCUT2D eigenvalue weighted by atomic mass is 10.1. The Bertz CT molecular complexity index is 529. The first-order valence-corrected chi connectivity index (χ1v) is 6.84. The van der Waals surface area contributed by atoms with Gasteiger partial charge in [0.25, 0.3) is 0 Å². The molecule has 2 fully saturated rings. The fourth-order valence-electron chi connectivity index (χ4n) is 3.22. The van der Waals surface area contributed by atoms with Crippen LogP contribution in [0.3, 0.4) is 0 Å². The minimum atomic E-state index is 0.644. The van der Waals surface area contributed by atoms with Crippen LogP contribution in [0.15, 0.2) is 24.3 Å². The molecule has 4 rings (SSSR count). The molecule has 4 heteroatoms. The highest BCUT2D eigenvalue weighted by molar-refractivity contribution is 5.77. The van der Waals surface area contributed by atoms with Crippen LogP contribution in [-0.2, 0) is 0 Å². The smallest absolute Gasteiger partial charge is 0.203 e. The third-order valence-electron chi connectivity index (χ3n) is 4.20. The van der Waals surface area contributed by atoms with E-state index in [0.29, 0.717) is 6.04 Å². The normalized spacial score (nSPS) is 27.7. The molecule has 2 aliphatic heterocycles. The van der Waals surface area contributed by atoms with Crippen LogP contribution in [0.2, 0.25) is 0 Å². The second-order valence-electron chi connectivity index (χ2n) is 5.45. The number of nitrogens with zero attached hydrogens (tertiary/aromatic N) is 2. The van der Waals surface area contributed by atoms with E-state index in [1.54, 1.807) is 0 Å². The van der Waals surface area contributed by atoms with Gasteiger partial charge in [0.05, 0.1) is 11.0 Å². The van der Waals surface area contributed by atoms with E-state index < -0.39 is 0 Å². The maximum Gasteiger partial charge on any atom is 0.203 e. The molecule has 2 atom stereocenters. The van der Waals surface area contributed by atoms with Gasteiger partial charge < -0.3 is 15.2 Å². The second-order valence-corrected chi connectivity index (χ2v) is 5.45. The number of imidazole rings is 1. The lowest BCUT2D eigenvalue weighted by Gasteiger charge is -2.23. The van der Waals surface area contributed by atoms with Gasteiger partial charge in [-0.2, -0.15) is 0 Å². The minimum Gasteiger partial charge on any atom is -0.341 e. The Labute approximate surface area is 106 Å². The summed E-state index contributed by atoms with van der Waals surface area (Å²) in [6.07, 6.45) is 3.88. The van der Waals surface area contributed by atoms with Crippen molar-refractivity contribution in [1.29, 1.82) is 0 Å². The maximum absolute atomic E-state index is 4.70. The van der Waals surface area contributed by atoms with Gasteiger partial charge >= 0.3 is 0 Å². The summed E-state index contributed by atoms with van der Waals surface area (Å²) in [6.45, 7) is 2.18. The molecule has 2 saturated heterocycles. The molecule has 2 unspecified atom stereocenters. The zero-order valence-electron chi connectivity index (χ0n) is 10.4. The summed E-state index contributed by atoms with van der Waals surface area (Å²) in [6, 6.07) is 9.62. The Kier molecular flexibility index (Phi) is 2.30. The van der Waals surface area contributed by atoms with Crippen LogP contribution in [0, 0.1) is 0 Å². The van der Waals surface area contributed by atoms with Gasteiger partial charge in [0.1, 0.15) is 0 Å². The molecule has 2 aromatic rings. The highest BCUT2D eigenvalue weighted by Gasteiger charge is 2.30. The molecule has 0 spiro atoms. The Morgan fingerprint density at radius 3 is 2.94 bits per heavy atom. The van der Waals surface area contributed by atoms with Crippen LogP contribution >= 0.6 is 0 Å². The number of anilines is 1. The Balaban J connectivity index is 1.65. The van der Waals surface area contributed by atoms with Crippen molar-refractivity contribution in [3.05, 3.63) is 24.3 Å². The summed E-state index contributed by atoms with van der Waals surface area (Å²) < 4.78 is 0. The summed E-state index contributed by atoms with van der Waals surface area (Å²) in [4.78, 5) is 10.5. The van der Waals surface area contributed by atoms with Gasteiger partial charge in [0, 0.05) is 25.2 Å². The van der Waals surface area contributed by atoms with Crippen LogP contribution in [0.1, 0.15) is 19.3 Å². The van der Waals surface area contributed by atoms with Crippen molar-refractivity contribution < 1.29 is 0 Å². The summed E-state index contributed by atoms with van der Waals surface area (Å²) in [5.41, 5.74) is 2.20. The molecule has 94 valence electrons. The lowest BCUT2D eigenvalue weighted by Crippen LogP contribution is -2.35. The zero-order valence-corrected chi connectivity index (χ0v) is 10.4. The van der Waals surface area contributed by atoms with E-state index in [-0.39, 0.29) is 0 Å². The molecule has 2 N–H and O–H groups in total. The number of hydrogen-bond donors (Lipinski definition) is 2. The largest absolute Gasteiger partial charge is 0.341 e. The zero-order chi connectivity index (χ0) is 11.9. The predicted molar refractivity (Wildman–Crippen MR) is 72.9 cm³/mol. The summed E-state index contributed by atoms with van der Waals surface area (Å²) in [5.74, 6) is 1.03. The number of aromatic nitrogens is 2. The highest BCUT2D eigenvalue weighted by Crippen LogP contribution is 2.24. The van der Waals surface area contributed by atoms with E-state index in [1.807, 2.05) is 6.07 Å². The van der Waals surface area contributed by atoms with Gasteiger partial charge in [-0.05, 0) is 31.4 Å². The molecule has 0 radical (unpaired) electrons. The van der Waals surface area contributed by atoms with Crippen LogP contribution < -0.4 is 10.2 Å². The molecule has 18 heavy (non-hydrogen) atoms. The molecular formula is C14H18N4. The number of benzene rings is 1. The molecule has 0 amide bonds. The monoisotopic (exact) mass is 242 g/mol. The van der Waals surface area contributed by atoms with E-state index in [1.165, 1.54) is 19.3 Å². The number of hydrogen-bond acceptors (Lipinski definition) is 3. The van der Waals surface area contributed by atoms with Crippen molar-refractivity contribution in [2.45, 2.75) is 31.3 Å². The number of H-pyrrole nitrogens is 1. The third kappa shape index (κ3) is 1.68. The predicted octanol–water partition coefficient (Wildman–Crippen LogP) is 1.89. The van der Waals surface area contributed by atoms with E-state index in [2.05, 4.69) is 33.4 Å². The number of nitrogens with one attached hydrogen (secondary N) is 2. The van der Waals surface area contributed by atoms with Crippen LogP contribution in [-0.4, -0.2) is 35.1 Å². The highest BCUT2D eigenvalue weighted by atomic mass is 15.3. The number of para-hydroxylation sites is 2. The SMILES string of the molecule is c1ccc2[nH]c(N3CCC4CCC(C3)N4)nc2c1. The first kappa shape index (κ1) is 10.4. The lowest BCUT2D eigenvalue weighted by molar-refractivity contribution is 0.563. The van der Waals surface area contributed by atoms with E-state index in [4.69, 9.17) is 4.98 Å². The molecule has 0 aliphatic carbocycles. The van der Waals surface area contributed by atoms with Gasteiger partial charge in [-0.25, -0.2) is 4.98 Å². The average Bonchev–Trinajstić information content (AvgIpc) is 2.92.